The van der Waals surface area contributed by atoms with Crippen molar-refractivity contribution >= 4 is 21.8 Å². The molecule has 1 aliphatic heterocycles. The molecule has 0 spiro atoms. The van der Waals surface area contributed by atoms with Gasteiger partial charge < -0.3 is 10.6 Å². The summed E-state index contributed by atoms with van der Waals surface area (Å²) in [5.41, 5.74) is 6.79. The smallest absolute Gasteiger partial charge is 0.227 e. The van der Waals surface area contributed by atoms with Crippen molar-refractivity contribution in [2.45, 2.75) is 12.5 Å². The molecule has 0 bridgehead atoms. The van der Waals surface area contributed by atoms with Crippen molar-refractivity contribution in [3.8, 4) is 0 Å². The van der Waals surface area contributed by atoms with E-state index >= 15 is 0 Å². The third kappa shape index (κ3) is 3.78. The minimum absolute atomic E-state index is 0.189. The zero-order valence-electron chi connectivity index (χ0n) is 11.2. The average molecular weight is 326 g/mol. The molecule has 2 N–H and O–H groups in total. The summed E-state index contributed by atoms with van der Waals surface area (Å²) in [6, 6.07) is 8.18. The van der Waals surface area contributed by atoms with Gasteiger partial charge in [0.2, 0.25) is 5.91 Å². The summed E-state index contributed by atoms with van der Waals surface area (Å²) in [5, 5.41) is 0. The summed E-state index contributed by atoms with van der Waals surface area (Å²) in [5.74, 6) is 0.189. The number of hydrogen-bond donors (Lipinski definition) is 1. The lowest BCUT2D eigenvalue weighted by atomic mass is 10.1. The molecular weight excluding hydrogens is 306 g/mol. The predicted octanol–water partition coefficient (Wildman–Crippen LogP) is 1.09. The van der Waals surface area contributed by atoms with Crippen molar-refractivity contribution in [1.82, 2.24) is 9.80 Å². The van der Waals surface area contributed by atoms with E-state index in [0.717, 1.165) is 29.7 Å². The Morgan fingerprint density at radius 3 is 2.68 bits per heavy atom. The Labute approximate surface area is 122 Å². The van der Waals surface area contributed by atoms with Crippen LogP contribution in [-0.4, -0.2) is 55.0 Å². The highest BCUT2D eigenvalue weighted by Gasteiger charge is 2.26. The van der Waals surface area contributed by atoms with Crippen molar-refractivity contribution in [3.63, 3.8) is 0 Å². The minimum atomic E-state index is 0.189. The Morgan fingerprint density at radius 2 is 2.05 bits per heavy atom. The Bertz CT molecular complexity index is 435. The molecule has 19 heavy (non-hydrogen) atoms. The minimum Gasteiger partial charge on any atom is -0.340 e. The molecule has 1 heterocycles. The lowest BCUT2D eigenvalue weighted by Gasteiger charge is -2.39. The predicted molar refractivity (Wildman–Crippen MR) is 79.9 cm³/mol. The van der Waals surface area contributed by atoms with Gasteiger partial charge in [0.05, 0.1) is 6.42 Å². The molecule has 0 radical (unpaired) electrons. The third-order valence-corrected chi connectivity index (χ3v) is 4.20. The molecule has 1 saturated heterocycles. The second kappa shape index (κ2) is 6.50. The summed E-state index contributed by atoms with van der Waals surface area (Å²) >= 11 is 3.40. The second-order valence-electron chi connectivity index (χ2n) is 5.01. The fourth-order valence-electron chi connectivity index (χ4n) is 2.32. The zero-order chi connectivity index (χ0) is 13.8. The number of piperazine rings is 1. The van der Waals surface area contributed by atoms with E-state index in [1.54, 1.807) is 0 Å². The number of benzene rings is 1. The van der Waals surface area contributed by atoms with E-state index in [2.05, 4.69) is 27.9 Å². The first-order chi connectivity index (χ1) is 9.10. The topological polar surface area (TPSA) is 49.6 Å². The monoisotopic (exact) mass is 325 g/mol. The highest BCUT2D eigenvalue weighted by atomic mass is 79.9. The quantitative estimate of drug-likeness (QED) is 0.905. The number of halogens is 1. The van der Waals surface area contributed by atoms with E-state index in [1.807, 2.05) is 29.2 Å². The molecule has 1 aromatic carbocycles. The summed E-state index contributed by atoms with van der Waals surface area (Å²) < 4.78 is 1.03. The van der Waals surface area contributed by atoms with Crippen molar-refractivity contribution in [2.24, 2.45) is 5.73 Å². The van der Waals surface area contributed by atoms with E-state index in [4.69, 9.17) is 5.73 Å². The number of nitrogens with zero attached hydrogens (tertiary/aromatic N) is 2. The van der Waals surface area contributed by atoms with Gasteiger partial charge in [0.15, 0.2) is 0 Å². The molecule has 1 atom stereocenters. The van der Waals surface area contributed by atoms with Crippen LogP contribution in [0.3, 0.4) is 0 Å². The summed E-state index contributed by atoms with van der Waals surface area (Å²) in [4.78, 5) is 16.4. The van der Waals surface area contributed by atoms with Crippen LogP contribution >= 0.6 is 15.9 Å². The average Bonchev–Trinajstić information content (AvgIpc) is 2.42. The number of nitrogens with two attached hydrogens (primary N) is 1. The van der Waals surface area contributed by atoms with Crippen molar-refractivity contribution < 1.29 is 4.79 Å². The fraction of sp³-hybridized carbons (Fsp3) is 0.500. The Kier molecular flexibility index (Phi) is 4.96. The number of carbonyl (C=O) groups is 1. The maximum Gasteiger partial charge on any atom is 0.227 e. The number of carbonyl (C=O) groups excluding carboxylic acids is 1. The zero-order valence-corrected chi connectivity index (χ0v) is 12.8. The highest BCUT2D eigenvalue weighted by Crippen LogP contribution is 2.13. The van der Waals surface area contributed by atoms with Crippen LogP contribution in [0.4, 0.5) is 0 Å². The third-order valence-electron chi connectivity index (χ3n) is 3.67. The fourth-order valence-corrected chi connectivity index (χ4v) is 2.58. The molecule has 5 heteroatoms. The Balaban J connectivity index is 1.94. The summed E-state index contributed by atoms with van der Waals surface area (Å²) in [6.07, 6.45) is 0.467. The molecule has 1 fully saturated rings. The van der Waals surface area contributed by atoms with Crippen LogP contribution in [0, 0.1) is 0 Å². The van der Waals surface area contributed by atoms with Crippen LogP contribution in [0.15, 0.2) is 28.7 Å². The van der Waals surface area contributed by atoms with Gasteiger partial charge in [0.25, 0.3) is 0 Å². The van der Waals surface area contributed by atoms with E-state index in [-0.39, 0.29) is 11.9 Å². The number of rotatable bonds is 3. The van der Waals surface area contributed by atoms with Crippen molar-refractivity contribution in [1.29, 1.82) is 0 Å². The van der Waals surface area contributed by atoms with Crippen LogP contribution in [-0.2, 0) is 11.2 Å². The lowest BCUT2D eigenvalue weighted by molar-refractivity contribution is -0.133. The van der Waals surface area contributed by atoms with Gasteiger partial charge in [0.1, 0.15) is 0 Å². The van der Waals surface area contributed by atoms with Crippen molar-refractivity contribution in [3.05, 3.63) is 34.3 Å². The maximum atomic E-state index is 12.3. The van der Waals surface area contributed by atoms with Gasteiger partial charge in [-0.2, -0.15) is 0 Å². The van der Waals surface area contributed by atoms with Gasteiger partial charge in [-0.1, -0.05) is 28.1 Å². The molecule has 0 aromatic heterocycles. The standard InChI is InChI=1S/C14H20BrN3O/c1-17-6-7-18(10-13(17)9-16)14(19)8-11-2-4-12(15)5-3-11/h2-5,13H,6-10,16H2,1H3. The van der Waals surface area contributed by atoms with E-state index < -0.39 is 0 Å². The van der Waals surface area contributed by atoms with Crippen LogP contribution in [0.5, 0.6) is 0 Å². The Morgan fingerprint density at radius 1 is 1.37 bits per heavy atom. The Hall–Kier alpha value is -0.910. The second-order valence-corrected chi connectivity index (χ2v) is 5.93. The van der Waals surface area contributed by atoms with Crippen LogP contribution < -0.4 is 5.73 Å². The van der Waals surface area contributed by atoms with Crippen LogP contribution in [0.2, 0.25) is 0 Å². The normalized spacial score (nSPS) is 20.6. The van der Waals surface area contributed by atoms with Gasteiger partial charge in [-0.3, -0.25) is 9.69 Å². The molecular formula is C14H20BrN3O. The summed E-state index contributed by atoms with van der Waals surface area (Å²) in [7, 11) is 2.06. The number of amides is 1. The molecule has 2 rings (SSSR count). The van der Waals surface area contributed by atoms with Crippen molar-refractivity contribution in [2.75, 3.05) is 33.2 Å². The molecule has 1 aliphatic rings. The van der Waals surface area contributed by atoms with Gasteiger partial charge in [-0.05, 0) is 24.7 Å². The molecule has 4 nitrogen and oxygen atoms in total. The first-order valence-electron chi connectivity index (χ1n) is 6.52. The van der Waals surface area contributed by atoms with Gasteiger partial charge >= 0.3 is 0 Å². The summed E-state index contributed by atoms with van der Waals surface area (Å²) in [6.45, 7) is 3.03. The molecule has 0 aliphatic carbocycles. The van der Waals surface area contributed by atoms with Gasteiger partial charge in [-0.15, -0.1) is 0 Å². The molecule has 0 saturated carbocycles. The van der Waals surface area contributed by atoms with Crippen LogP contribution in [0.25, 0.3) is 0 Å². The van der Waals surface area contributed by atoms with Gasteiger partial charge in [0, 0.05) is 36.7 Å². The van der Waals surface area contributed by atoms with Crippen LogP contribution in [0.1, 0.15) is 5.56 Å². The first-order valence-corrected chi connectivity index (χ1v) is 7.32. The highest BCUT2D eigenvalue weighted by molar-refractivity contribution is 9.10. The molecule has 1 aromatic rings. The first kappa shape index (κ1) is 14.5. The molecule has 1 amide bonds. The van der Waals surface area contributed by atoms with E-state index in [1.165, 1.54) is 0 Å². The lowest BCUT2D eigenvalue weighted by Crippen LogP contribution is -2.56. The molecule has 104 valence electrons. The largest absolute Gasteiger partial charge is 0.340 e. The maximum absolute atomic E-state index is 12.3. The number of likely N-dealkylation sites (N-methyl/N-ethyl adjacent to an activating group) is 1. The molecule has 1 unspecified atom stereocenters. The number of hydrogen-bond acceptors (Lipinski definition) is 3. The van der Waals surface area contributed by atoms with E-state index in [9.17, 15) is 4.79 Å². The van der Waals surface area contributed by atoms with Gasteiger partial charge in [-0.25, -0.2) is 0 Å². The van der Waals surface area contributed by atoms with E-state index in [0.29, 0.717) is 13.0 Å². The SMILES string of the molecule is CN1CCN(C(=O)Cc2ccc(Br)cc2)CC1CN.